The number of thiazole rings is 1. The number of aliphatic carboxylic acids is 1. The van der Waals surface area contributed by atoms with E-state index >= 15 is 0 Å². The van der Waals surface area contributed by atoms with E-state index in [1.54, 1.807) is 52.3 Å². The number of ether oxygens (including phenoxy) is 3. The molecule has 13 nitrogen and oxygen atoms in total. The first kappa shape index (κ1) is 35.4. The fourth-order valence-corrected chi connectivity index (χ4v) is 7.64. The van der Waals surface area contributed by atoms with Gasteiger partial charge in [0.2, 0.25) is 11.8 Å². The summed E-state index contributed by atoms with van der Waals surface area (Å²) in [6.45, 7) is 5.28. The van der Waals surface area contributed by atoms with Gasteiger partial charge in [-0.05, 0) is 58.1 Å². The van der Waals surface area contributed by atoms with Crippen LogP contribution in [-0.4, -0.2) is 86.8 Å². The topological polar surface area (TPSA) is 169 Å². The third-order valence-corrected chi connectivity index (χ3v) is 10.4. The predicted octanol–water partition coefficient (Wildman–Crippen LogP) is 5.31. The van der Waals surface area contributed by atoms with Crippen LogP contribution >= 0.6 is 11.3 Å². The Morgan fingerprint density at radius 2 is 1.86 bits per heavy atom. The van der Waals surface area contributed by atoms with Gasteiger partial charge < -0.3 is 34.9 Å². The van der Waals surface area contributed by atoms with Crippen molar-refractivity contribution >= 4 is 46.1 Å². The van der Waals surface area contributed by atoms with Crippen molar-refractivity contribution in [2.45, 2.75) is 108 Å². The molecule has 2 aromatic heterocycles. The van der Waals surface area contributed by atoms with Crippen molar-refractivity contribution in [3.63, 3.8) is 0 Å². The SMILES string of the molecule is COc1ccc2c(O[C@@H]3CC4C(=O)NC5(C(=O)O)CC5CCCCCCCC(NC(=O)OC(C)(C)C)C(=O)N4C3)cc(-c3nccs3)nc2c1. The van der Waals surface area contributed by atoms with Crippen LogP contribution in [0, 0.1) is 5.92 Å². The van der Waals surface area contributed by atoms with Crippen LogP contribution in [0.4, 0.5) is 4.79 Å². The van der Waals surface area contributed by atoms with Gasteiger partial charge in [0.25, 0.3) is 0 Å². The number of aromatic nitrogens is 2. The normalized spacial score (nSPS) is 26.1. The molecule has 1 aromatic carbocycles. The van der Waals surface area contributed by atoms with E-state index in [1.807, 2.05) is 11.4 Å². The number of benzene rings is 1. The van der Waals surface area contributed by atoms with E-state index < -0.39 is 53.2 Å². The van der Waals surface area contributed by atoms with Crippen LogP contribution < -0.4 is 20.1 Å². The second-order valence-corrected chi connectivity index (χ2v) is 15.3. The zero-order chi connectivity index (χ0) is 35.6. The molecule has 268 valence electrons. The average molecular weight is 708 g/mol. The molecule has 0 radical (unpaired) electrons. The van der Waals surface area contributed by atoms with Gasteiger partial charge in [0, 0.05) is 35.5 Å². The minimum Gasteiger partial charge on any atom is -0.497 e. The number of pyridine rings is 1. The summed E-state index contributed by atoms with van der Waals surface area (Å²) < 4.78 is 17.6. The number of carbonyl (C=O) groups excluding carboxylic acids is 3. The van der Waals surface area contributed by atoms with Crippen LogP contribution in [-0.2, 0) is 19.1 Å². The number of carbonyl (C=O) groups is 4. The maximum absolute atomic E-state index is 14.4. The molecule has 3 amide bonds. The first-order valence-corrected chi connectivity index (χ1v) is 18.2. The van der Waals surface area contributed by atoms with E-state index in [0.29, 0.717) is 58.8 Å². The van der Waals surface area contributed by atoms with Gasteiger partial charge in [0.15, 0.2) is 0 Å². The van der Waals surface area contributed by atoms with Gasteiger partial charge in [-0.25, -0.2) is 19.6 Å². The summed E-state index contributed by atoms with van der Waals surface area (Å²) in [6, 6.07) is 5.28. The molecule has 3 fully saturated rings. The molecule has 4 unspecified atom stereocenters. The smallest absolute Gasteiger partial charge is 0.408 e. The van der Waals surface area contributed by atoms with Gasteiger partial charge in [0.05, 0.1) is 19.2 Å². The van der Waals surface area contributed by atoms with Crippen LogP contribution in [0.15, 0.2) is 35.8 Å². The zero-order valence-electron chi connectivity index (χ0n) is 28.9. The molecule has 3 aliphatic rings. The fraction of sp³-hybridized carbons (Fsp3) is 0.556. The maximum atomic E-state index is 14.4. The van der Waals surface area contributed by atoms with Crippen LogP contribution in [0.5, 0.6) is 11.5 Å². The van der Waals surface area contributed by atoms with E-state index in [-0.39, 0.29) is 18.9 Å². The van der Waals surface area contributed by atoms with E-state index in [0.717, 1.165) is 25.7 Å². The summed E-state index contributed by atoms with van der Waals surface area (Å²) in [4.78, 5) is 64.5. The molecule has 2 aliphatic heterocycles. The highest BCUT2D eigenvalue weighted by Crippen LogP contribution is 2.47. The fourth-order valence-electron chi connectivity index (χ4n) is 7.04. The molecule has 3 N–H and O–H groups in total. The lowest BCUT2D eigenvalue weighted by molar-refractivity contribution is -0.146. The van der Waals surface area contributed by atoms with Gasteiger partial charge in [0.1, 0.15) is 51.5 Å². The van der Waals surface area contributed by atoms with E-state index in [4.69, 9.17) is 19.2 Å². The lowest BCUT2D eigenvalue weighted by Gasteiger charge is -2.30. The third-order valence-electron chi connectivity index (χ3n) is 9.64. The molecule has 14 heteroatoms. The van der Waals surface area contributed by atoms with Gasteiger partial charge in [-0.15, -0.1) is 11.3 Å². The minimum absolute atomic E-state index is 0.0411. The molecule has 1 saturated carbocycles. The number of carboxylic acid groups (broad SMARTS) is 1. The van der Waals surface area contributed by atoms with Crippen molar-refractivity contribution in [2.24, 2.45) is 5.92 Å². The van der Waals surface area contributed by atoms with E-state index in [9.17, 15) is 24.3 Å². The van der Waals surface area contributed by atoms with Gasteiger partial charge in [-0.3, -0.25) is 9.59 Å². The first-order valence-electron chi connectivity index (χ1n) is 17.3. The Morgan fingerprint density at radius 1 is 1.10 bits per heavy atom. The average Bonchev–Trinajstić information content (AvgIpc) is 3.38. The molecule has 50 heavy (non-hydrogen) atoms. The minimum atomic E-state index is -1.36. The van der Waals surface area contributed by atoms with Crippen molar-refractivity contribution < 1.29 is 38.5 Å². The largest absolute Gasteiger partial charge is 0.497 e. The van der Waals surface area contributed by atoms with E-state index in [2.05, 4.69) is 15.6 Å². The standard InChI is InChI=1S/C36H45N5O8S/c1-35(2,3)49-34(46)39-25-11-9-7-5-6-8-10-21-19-36(21,33(44)45)40-30(42)28-17-23(20-41(28)32(25)43)48-29-18-27(31-37-14-15-50-31)38-26-16-22(47-4)12-13-24(26)29/h12-16,18,21,23,25,28H,5-11,17,19-20H2,1-4H3,(H,39,46)(H,40,42)(H,44,45)/t21?,23-,25?,28?,36?/m1/s1. The van der Waals surface area contributed by atoms with Crippen molar-refractivity contribution in [3.8, 4) is 22.2 Å². The summed E-state index contributed by atoms with van der Waals surface area (Å²) in [5.41, 5.74) is -0.911. The van der Waals surface area contributed by atoms with Crippen LogP contribution in [0.1, 0.15) is 78.6 Å². The lowest BCUT2D eigenvalue weighted by atomic mass is 10.0. The first-order chi connectivity index (χ1) is 23.9. The summed E-state index contributed by atoms with van der Waals surface area (Å²) in [5.74, 6) is -1.11. The van der Waals surface area contributed by atoms with Gasteiger partial charge >= 0.3 is 12.1 Å². The summed E-state index contributed by atoms with van der Waals surface area (Å²) >= 11 is 1.43. The molecule has 2 saturated heterocycles. The number of nitrogens with one attached hydrogen (secondary N) is 2. The summed E-state index contributed by atoms with van der Waals surface area (Å²) in [7, 11) is 1.58. The summed E-state index contributed by atoms with van der Waals surface area (Å²) in [6.07, 6.45) is 6.11. The van der Waals surface area contributed by atoms with Crippen LogP contribution in [0.25, 0.3) is 21.6 Å². The van der Waals surface area contributed by atoms with Crippen LogP contribution in [0.2, 0.25) is 0 Å². The number of alkyl carbamates (subject to hydrolysis) is 1. The van der Waals surface area contributed by atoms with Crippen molar-refractivity contribution in [1.82, 2.24) is 25.5 Å². The molecular weight excluding hydrogens is 662 g/mol. The Kier molecular flexibility index (Phi) is 10.2. The molecule has 6 rings (SSSR count). The van der Waals surface area contributed by atoms with Crippen molar-refractivity contribution in [3.05, 3.63) is 35.8 Å². The van der Waals surface area contributed by atoms with Gasteiger partial charge in [-0.2, -0.15) is 0 Å². The molecule has 3 aromatic rings. The zero-order valence-corrected chi connectivity index (χ0v) is 29.7. The van der Waals surface area contributed by atoms with Crippen LogP contribution in [0.3, 0.4) is 0 Å². The highest BCUT2D eigenvalue weighted by atomic mass is 32.1. The second kappa shape index (κ2) is 14.4. The molecule has 4 heterocycles. The Morgan fingerprint density at radius 3 is 2.56 bits per heavy atom. The Balaban J connectivity index is 1.33. The Hall–Kier alpha value is -4.46. The van der Waals surface area contributed by atoms with Gasteiger partial charge in [-0.1, -0.05) is 32.1 Å². The molecule has 0 bridgehead atoms. The second-order valence-electron chi connectivity index (χ2n) is 14.4. The number of methoxy groups -OCH3 is 1. The molecule has 0 spiro atoms. The lowest BCUT2D eigenvalue weighted by Crippen LogP contribution is -2.56. The highest BCUT2D eigenvalue weighted by molar-refractivity contribution is 7.13. The number of hydrogen-bond acceptors (Lipinski definition) is 10. The quantitative estimate of drug-likeness (QED) is 0.305. The van der Waals surface area contributed by atoms with E-state index in [1.165, 1.54) is 16.2 Å². The Bertz CT molecular complexity index is 1740. The van der Waals surface area contributed by atoms with Crippen molar-refractivity contribution in [1.29, 1.82) is 0 Å². The number of hydrogen-bond donors (Lipinski definition) is 3. The predicted molar refractivity (Wildman–Crippen MR) is 186 cm³/mol. The highest BCUT2D eigenvalue weighted by Gasteiger charge is 2.62. The Labute approximate surface area is 295 Å². The summed E-state index contributed by atoms with van der Waals surface area (Å²) in [5, 5.41) is 19.1. The molecule has 1 aliphatic carbocycles. The number of fused-ring (bicyclic) bond motifs is 3. The molecular formula is C36H45N5O8S. The molecule has 5 atom stereocenters. The third kappa shape index (κ3) is 7.79. The monoisotopic (exact) mass is 707 g/mol. The number of nitrogens with zero attached hydrogens (tertiary/aromatic N) is 3. The number of rotatable bonds is 6. The maximum Gasteiger partial charge on any atom is 0.408 e. The van der Waals surface area contributed by atoms with Crippen molar-refractivity contribution in [2.75, 3.05) is 13.7 Å². The number of amides is 3. The number of carboxylic acids is 1.